The highest BCUT2D eigenvalue weighted by molar-refractivity contribution is 6.13. The van der Waals surface area contributed by atoms with E-state index in [9.17, 15) is 4.79 Å². The van der Waals surface area contributed by atoms with Crippen LogP contribution in [0, 0.1) is 0 Å². The van der Waals surface area contributed by atoms with E-state index in [2.05, 4.69) is 66.7 Å². The van der Waals surface area contributed by atoms with Crippen LogP contribution in [0.4, 0.5) is 0 Å². The fourth-order valence-electron chi connectivity index (χ4n) is 3.40. The maximum Gasteiger partial charge on any atom is 0.303 e. The largest absolute Gasteiger partial charge is 0.481 e. The van der Waals surface area contributed by atoms with Gasteiger partial charge in [-0.25, -0.2) is 0 Å². The van der Waals surface area contributed by atoms with Gasteiger partial charge in [0.25, 0.3) is 0 Å². The molecule has 4 rings (SSSR count). The van der Waals surface area contributed by atoms with Crippen molar-refractivity contribution in [1.29, 1.82) is 0 Å². The first-order valence-corrected chi connectivity index (χ1v) is 8.44. The molecule has 1 N–H and O–H groups in total. The van der Waals surface area contributed by atoms with E-state index in [1.807, 2.05) is 12.1 Å². The van der Waals surface area contributed by atoms with Crippen molar-refractivity contribution in [3.05, 3.63) is 84.4 Å². The SMILES string of the molecule is O=C(O)CCc1ccc(-c2cc3ccccc3c3ccccc23)cc1. The molecule has 2 heteroatoms. The molecule has 0 amide bonds. The van der Waals surface area contributed by atoms with E-state index < -0.39 is 5.97 Å². The Morgan fingerprint density at radius 1 is 0.760 bits per heavy atom. The number of carboxylic acids is 1. The molecule has 4 aromatic carbocycles. The highest BCUT2D eigenvalue weighted by atomic mass is 16.4. The lowest BCUT2D eigenvalue weighted by Crippen LogP contribution is -1.97. The molecule has 0 atom stereocenters. The minimum atomic E-state index is -0.760. The Kier molecular flexibility index (Phi) is 3.95. The third-order valence-electron chi connectivity index (χ3n) is 4.66. The van der Waals surface area contributed by atoms with Crippen molar-refractivity contribution in [2.75, 3.05) is 0 Å². The van der Waals surface area contributed by atoms with Gasteiger partial charge in [0.05, 0.1) is 0 Å². The molecule has 0 radical (unpaired) electrons. The molecule has 0 aliphatic carbocycles. The molecule has 0 aliphatic heterocycles. The van der Waals surface area contributed by atoms with Crippen LogP contribution in [0.3, 0.4) is 0 Å². The quantitative estimate of drug-likeness (QED) is 0.490. The van der Waals surface area contributed by atoms with Gasteiger partial charge in [-0.15, -0.1) is 0 Å². The van der Waals surface area contributed by atoms with Crippen LogP contribution in [0.2, 0.25) is 0 Å². The van der Waals surface area contributed by atoms with Crippen LogP contribution in [0.1, 0.15) is 12.0 Å². The van der Waals surface area contributed by atoms with E-state index in [4.69, 9.17) is 5.11 Å². The molecule has 0 fully saturated rings. The molecule has 0 heterocycles. The van der Waals surface area contributed by atoms with E-state index in [1.54, 1.807) is 0 Å². The van der Waals surface area contributed by atoms with Gasteiger partial charge in [-0.2, -0.15) is 0 Å². The number of aliphatic carboxylic acids is 1. The van der Waals surface area contributed by atoms with Gasteiger partial charge in [0.15, 0.2) is 0 Å². The maximum absolute atomic E-state index is 10.7. The number of carbonyl (C=O) groups is 1. The Morgan fingerprint density at radius 2 is 1.40 bits per heavy atom. The zero-order valence-electron chi connectivity index (χ0n) is 13.8. The lowest BCUT2D eigenvalue weighted by atomic mass is 9.93. The molecule has 0 bridgehead atoms. The minimum absolute atomic E-state index is 0.165. The summed E-state index contributed by atoms with van der Waals surface area (Å²) in [5.74, 6) is -0.760. The third kappa shape index (κ3) is 2.99. The molecule has 4 aromatic rings. The summed E-state index contributed by atoms with van der Waals surface area (Å²) in [5, 5.41) is 13.8. The van der Waals surface area contributed by atoms with E-state index in [0.717, 1.165) is 11.1 Å². The lowest BCUT2D eigenvalue weighted by molar-refractivity contribution is -0.136. The summed E-state index contributed by atoms with van der Waals surface area (Å²) >= 11 is 0. The molecule has 2 nitrogen and oxygen atoms in total. The molecule has 0 spiro atoms. The van der Waals surface area contributed by atoms with Crippen molar-refractivity contribution >= 4 is 27.5 Å². The van der Waals surface area contributed by atoms with Crippen molar-refractivity contribution in [3.8, 4) is 11.1 Å². The molecule has 0 saturated heterocycles. The van der Waals surface area contributed by atoms with Crippen molar-refractivity contribution in [2.45, 2.75) is 12.8 Å². The molecule has 0 aromatic heterocycles. The van der Waals surface area contributed by atoms with Gasteiger partial charge in [-0.1, -0.05) is 72.8 Å². The van der Waals surface area contributed by atoms with Crippen molar-refractivity contribution in [1.82, 2.24) is 0 Å². The molecular formula is C23H18O2. The van der Waals surface area contributed by atoms with Crippen LogP contribution in [-0.2, 0) is 11.2 Å². The molecular weight excluding hydrogens is 308 g/mol. The van der Waals surface area contributed by atoms with Crippen molar-refractivity contribution in [2.24, 2.45) is 0 Å². The molecule has 25 heavy (non-hydrogen) atoms. The van der Waals surface area contributed by atoms with Gasteiger partial charge in [0.2, 0.25) is 0 Å². The van der Waals surface area contributed by atoms with Crippen LogP contribution >= 0.6 is 0 Å². The summed E-state index contributed by atoms with van der Waals surface area (Å²) in [6, 6.07) is 27.4. The van der Waals surface area contributed by atoms with Crippen LogP contribution in [0.5, 0.6) is 0 Å². The fraction of sp³-hybridized carbons (Fsp3) is 0.0870. The second-order valence-electron chi connectivity index (χ2n) is 6.28. The second-order valence-corrected chi connectivity index (χ2v) is 6.28. The number of aryl methyl sites for hydroxylation is 1. The fourth-order valence-corrected chi connectivity index (χ4v) is 3.40. The highest BCUT2D eigenvalue weighted by Gasteiger charge is 2.08. The predicted molar refractivity (Wildman–Crippen MR) is 103 cm³/mol. The Hall–Kier alpha value is -3.13. The molecule has 0 saturated carbocycles. The van der Waals surface area contributed by atoms with Gasteiger partial charge in [-0.3, -0.25) is 4.79 Å². The third-order valence-corrected chi connectivity index (χ3v) is 4.66. The zero-order valence-corrected chi connectivity index (χ0v) is 13.8. The number of fused-ring (bicyclic) bond motifs is 3. The van der Waals surface area contributed by atoms with Gasteiger partial charge >= 0.3 is 5.97 Å². The van der Waals surface area contributed by atoms with Gasteiger partial charge in [0.1, 0.15) is 0 Å². The molecule has 122 valence electrons. The number of hydrogen-bond donors (Lipinski definition) is 1. The van der Waals surface area contributed by atoms with Crippen LogP contribution in [0.15, 0.2) is 78.9 Å². The van der Waals surface area contributed by atoms with Gasteiger partial charge < -0.3 is 5.11 Å². The van der Waals surface area contributed by atoms with Crippen molar-refractivity contribution in [3.63, 3.8) is 0 Å². The minimum Gasteiger partial charge on any atom is -0.481 e. The van der Waals surface area contributed by atoms with Gasteiger partial charge in [0, 0.05) is 6.42 Å². The van der Waals surface area contributed by atoms with E-state index in [1.165, 1.54) is 27.1 Å². The topological polar surface area (TPSA) is 37.3 Å². The zero-order chi connectivity index (χ0) is 17.2. The normalized spacial score (nSPS) is 11.0. The summed E-state index contributed by atoms with van der Waals surface area (Å²) < 4.78 is 0. The van der Waals surface area contributed by atoms with Gasteiger partial charge in [-0.05, 0) is 50.7 Å². The van der Waals surface area contributed by atoms with E-state index >= 15 is 0 Å². The first-order chi connectivity index (χ1) is 12.2. The summed E-state index contributed by atoms with van der Waals surface area (Å²) in [7, 11) is 0. The summed E-state index contributed by atoms with van der Waals surface area (Å²) in [6.45, 7) is 0. The average Bonchev–Trinajstić information content (AvgIpc) is 2.66. The smallest absolute Gasteiger partial charge is 0.303 e. The first kappa shape index (κ1) is 15.4. The van der Waals surface area contributed by atoms with Crippen LogP contribution in [-0.4, -0.2) is 11.1 Å². The van der Waals surface area contributed by atoms with Crippen LogP contribution < -0.4 is 0 Å². The molecule has 0 aliphatic rings. The first-order valence-electron chi connectivity index (χ1n) is 8.44. The van der Waals surface area contributed by atoms with E-state index in [-0.39, 0.29) is 6.42 Å². The Bertz CT molecular complexity index is 1060. The van der Waals surface area contributed by atoms with E-state index in [0.29, 0.717) is 6.42 Å². The highest BCUT2D eigenvalue weighted by Crippen LogP contribution is 2.34. The Balaban J connectivity index is 1.84. The summed E-state index contributed by atoms with van der Waals surface area (Å²) in [6.07, 6.45) is 0.729. The number of benzene rings is 4. The van der Waals surface area contributed by atoms with Crippen molar-refractivity contribution < 1.29 is 9.90 Å². The lowest BCUT2D eigenvalue weighted by Gasteiger charge is -2.11. The standard InChI is InChI=1S/C23H18O2/c24-23(25)14-11-16-9-12-17(13-10-16)22-15-18-5-1-2-6-19(18)20-7-3-4-8-21(20)22/h1-10,12-13,15H,11,14H2,(H,24,25). The number of carboxylic acid groups (broad SMARTS) is 1. The maximum atomic E-state index is 10.7. The number of hydrogen-bond acceptors (Lipinski definition) is 1. The van der Waals surface area contributed by atoms with Crippen LogP contribution in [0.25, 0.3) is 32.7 Å². The summed E-state index contributed by atoms with van der Waals surface area (Å²) in [4.78, 5) is 10.7. The Morgan fingerprint density at radius 3 is 2.12 bits per heavy atom. The average molecular weight is 326 g/mol. The monoisotopic (exact) mass is 326 g/mol. The molecule has 0 unspecified atom stereocenters. The Labute approximate surface area is 146 Å². The second kappa shape index (κ2) is 6.40. The summed E-state index contributed by atoms with van der Waals surface area (Å²) in [5.41, 5.74) is 3.41. The number of rotatable bonds is 4. The predicted octanol–water partition coefficient (Wildman–Crippen LogP) is 5.68.